The standard InChI is InChI=1S/C17H21Cl2N3O/c1-12(2)22-11-20-8-14(22)9-21-5-6-23-17(10-21)13-3-4-15(18)16(19)7-13/h3-4,7-8,11-12,17H,5-6,9-10H2,1-2H3/t17-/m0/s1. The lowest BCUT2D eigenvalue weighted by atomic mass is 10.1. The lowest BCUT2D eigenvalue weighted by Crippen LogP contribution is -2.38. The fourth-order valence-corrected chi connectivity index (χ4v) is 3.22. The first kappa shape index (κ1) is 16.8. The summed E-state index contributed by atoms with van der Waals surface area (Å²) < 4.78 is 8.13. The van der Waals surface area contributed by atoms with Gasteiger partial charge in [0, 0.05) is 31.9 Å². The Bertz CT molecular complexity index is 672. The lowest BCUT2D eigenvalue weighted by Gasteiger charge is -2.33. The molecule has 0 saturated carbocycles. The number of halogens is 2. The highest BCUT2D eigenvalue weighted by Gasteiger charge is 2.23. The Kier molecular flexibility index (Phi) is 5.27. The largest absolute Gasteiger partial charge is 0.371 e. The molecule has 4 nitrogen and oxygen atoms in total. The Morgan fingerprint density at radius 2 is 2.13 bits per heavy atom. The number of hydrogen-bond donors (Lipinski definition) is 0. The van der Waals surface area contributed by atoms with Gasteiger partial charge in [-0.05, 0) is 31.5 Å². The fourth-order valence-electron chi connectivity index (χ4n) is 2.91. The molecule has 0 spiro atoms. The summed E-state index contributed by atoms with van der Waals surface area (Å²) in [5, 5.41) is 1.15. The van der Waals surface area contributed by atoms with Crippen molar-refractivity contribution in [2.75, 3.05) is 19.7 Å². The second kappa shape index (κ2) is 7.22. The third kappa shape index (κ3) is 3.89. The molecule has 1 aliphatic heterocycles. The highest BCUT2D eigenvalue weighted by molar-refractivity contribution is 6.42. The molecule has 1 aromatic carbocycles. The third-order valence-electron chi connectivity index (χ3n) is 4.15. The predicted molar refractivity (Wildman–Crippen MR) is 93.0 cm³/mol. The first-order valence-electron chi connectivity index (χ1n) is 7.84. The number of ether oxygens (including phenoxy) is 1. The van der Waals surface area contributed by atoms with Crippen LogP contribution < -0.4 is 0 Å². The maximum absolute atomic E-state index is 6.13. The van der Waals surface area contributed by atoms with Crippen LogP contribution in [-0.4, -0.2) is 34.1 Å². The fraction of sp³-hybridized carbons (Fsp3) is 0.471. The van der Waals surface area contributed by atoms with Crippen LogP contribution in [0.4, 0.5) is 0 Å². The van der Waals surface area contributed by atoms with Crippen LogP contribution in [0.15, 0.2) is 30.7 Å². The quantitative estimate of drug-likeness (QED) is 0.818. The van der Waals surface area contributed by atoms with Gasteiger partial charge in [0.25, 0.3) is 0 Å². The Balaban J connectivity index is 1.70. The van der Waals surface area contributed by atoms with Crippen LogP contribution in [0.3, 0.4) is 0 Å². The molecule has 1 aliphatic rings. The number of aromatic nitrogens is 2. The molecule has 0 aliphatic carbocycles. The maximum Gasteiger partial charge on any atom is 0.0953 e. The van der Waals surface area contributed by atoms with Gasteiger partial charge in [0.15, 0.2) is 0 Å². The SMILES string of the molecule is CC(C)n1cncc1CN1CCO[C@H](c2ccc(Cl)c(Cl)c2)C1. The zero-order valence-electron chi connectivity index (χ0n) is 13.4. The van der Waals surface area contributed by atoms with Crippen LogP contribution in [0, 0.1) is 0 Å². The van der Waals surface area contributed by atoms with E-state index in [1.807, 2.05) is 30.7 Å². The van der Waals surface area contributed by atoms with Gasteiger partial charge in [-0.2, -0.15) is 0 Å². The van der Waals surface area contributed by atoms with Crippen molar-refractivity contribution in [3.05, 3.63) is 52.0 Å². The molecule has 2 aromatic rings. The van der Waals surface area contributed by atoms with E-state index in [4.69, 9.17) is 27.9 Å². The first-order chi connectivity index (χ1) is 11.0. The molecular formula is C17H21Cl2N3O. The molecule has 0 amide bonds. The van der Waals surface area contributed by atoms with Crippen molar-refractivity contribution in [2.45, 2.75) is 32.5 Å². The molecule has 3 rings (SSSR count). The van der Waals surface area contributed by atoms with E-state index in [2.05, 4.69) is 28.3 Å². The van der Waals surface area contributed by atoms with Crippen molar-refractivity contribution in [2.24, 2.45) is 0 Å². The molecule has 0 radical (unpaired) electrons. The number of morpholine rings is 1. The van der Waals surface area contributed by atoms with Crippen LogP contribution in [0.1, 0.15) is 37.3 Å². The summed E-state index contributed by atoms with van der Waals surface area (Å²) in [6.45, 7) is 7.68. The monoisotopic (exact) mass is 353 g/mol. The molecule has 23 heavy (non-hydrogen) atoms. The van der Waals surface area contributed by atoms with E-state index in [9.17, 15) is 0 Å². The van der Waals surface area contributed by atoms with Gasteiger partial charge in [-0.1, -0.05) is 29.3 Å². The van der Waals surface area contributed by atoms with E-state index < -0.39 is 0 Å². The molecular weight excluding hydrogens is 333 g/mol. The van der Waals surface area contributed by atoms with Gasteiger partial charge in [-0.15, -0.1) is 0 Å². The van der Waals surface area contributed by atoms with Crippen molar-refractivity contribution in [3.63, 3.8) is 0 Å². The second-order valence-electron chi connectivity index (χ2n) is 6.15. The van der Waals surface area contributed by atoms with E-state index in [0.717, 1.165) is 25.2 Å². The van der Waals surface area contributed by atoms with Gasteiger partial charge in [0.2, 0.25) is 0 Å². The molecule has 2 heterocycles. The van der Waals surface area contributed by atoms with Crippen molar-refractivity contribution >= 4 is 23.2 Å². The van der Waals surface area contributed by atoms with Crippen LogP contribution in [0.5, 0.6) is 0 Å². The van der Waals surface area contributed by atoms with E-state index >= 15 is 0 Å². The van der Waals surface area contributed by atoms with Gasteiger partial charge in [0.1, 0.15) is 0 Å². The Labute approximate surface area is 147 Å². The minimum Gasteiger partial charge on any atom is -0.371 e. The van der Waals surface area contributed by atoms with Crippen molar-refractivity contribution < 1.29 is 4.74 Å². The smallest absolute Gasteiger partial charge is 0.0953 e. The maximum atomic E-state index is 6.13. The first-order valence-corrected chi connectivity index (χ1v) is 8.60. The van der Waals surface area contributed by atoms with Gasteiger partial charge in [-0.3, -0.25) is 4.90 Å². The zero-order valence-corrected chi connectivity index (χ0v) is 14.9. The summed E-state index contributed by atoms with van der Waals surface area (Å²) in [5.41, 5.74) is 2.30. The molecule has 124 valence electrons. The molecule has 1 atom stereocenters. The van der Waals surface area contributed by atoms with Crippen LogP contribution >= 0.6 is 23.2 Å². The average molecular weight is 354 g/mol. The van der Waals surface area contributed by atoms with Crippen LogP contribution in [0.25, 0.3) is 0 Å². The van der Waals surface area contributed by atoms with Crippen molar-refractivity contribution in [3.8, 4) is 0 Å². The van der Waals surface area contributed by atoms with Crippen LogP contribution in [0.2, 0.25) is 10.0 Å². The van der Waals surface area contributed by atoms with Crippen molar-refractivity contribution in [1.29, 1.82) is 0 Å². The summed E-state index contributed by atoms with van der Waals surface area (Å²) >= 11 is 12.1. The minimum absolute atomic E-state index is 0.0222. The Morgan fingerprint density at radius 1 is 1.30 bits per heavy atom. The summed E-state index contributed by atoms with van der Waals surface area (Å²) in [7, 11) is 0. The van der Waals surface area contributed by atoms with Gasteiger partial charge in [0.05, 0.1) is 34.8 Å². The number of benzene rings is 1. The number of hydrogen-bond acceptors (Lipinski definition) is 3. The van der Waals surface area contributed by atoms with E-state index in [0.29, 0.717) is 22.7 Å². The van der Waals surface area contributed by atoms with Gasteiger partial charge in [-0.25, -0.2) is 4.98 Å². The lowest BCUT2D eigenvalue weighted by molar-refractivity contribution is -0.0336. The molecule has 6 heteroatoms. The number of nitrogens with zero attached hydrogens (tertiary/aromatic N) is 3. The second-order valence-corrected chi connectivity index (χ2v) is 6.97. The molecule has 0 N–H and O–H groups in total. The zero-order chi connectivity index (χ0) is 16.4. The summed E-state index contributed by atoms with van der Waals surface area (Å²) in [5.74, 6) is 0. The highest BCUT2D eigenvalue weighted by Crippen LogP contribution is 2.29. The average Bonchev–Trinajstić information content (AvgIpc) is 2.98. The third-order valence-corrected chi connectivity index (χ3v) is 4.89. The van der Waals surface area contributed by atoms with E-state index in [1.165, 1.54) is 5.69 Å². The molecule has 1 saturated heterocycles. The summed E-state index contributed by atoms with van der Waals surface area (Å²) in [6.07, 6.45) is 3.87. The number of imidazole rings is 1. The van der Waals surface area contributed by atoms with Crippen molar-refractivity contribution in [1.82, 2.24) is 14.5 Å². The Hall–Kier alpha value is -1.07. The normalized spacial score (nSPS) is 19.4. The number of rotatable bonds is 4. The topological polar surface area (TPSA) is 30.3 Å². The van der Waals surface area contributed by atoms with Gasteiger partial charge >= 0.3 is 0 Å². The minimum atomic E-state index is 0.0222. The predicted octanol–water partition coefficient (Wildman–Crippen LogP) is 4.34. The van der Waals surface area contributed by atoms with Gasteiger partial charge < -0.3 is 9.30 Å². The van der Waals surface area contributed by atoms with E-state index in [1.54, 1.807) is 0 Å². The van der Waals surface area contributed by atoms with Crippen LogP contribution in [-0.2, 0) is 11.3 Å². The Morgan fingerprint density at radius 3 is 2.87 bits per heavy atom. The molecule has 1 fully saturated rings. The molecule has 1 aromatic heterocycles. The highest BCUT2D eigenvalue weighted by atomic mass is 35.5. The van der Waals surface area contributed by atoms with E-state index in [-0.39, 0.29) is 6.10 Å². The molecule has 0 bridgehead atoms. The summed E-state index contributed by atoms with van der Waals surface area (Å²) in [4.78, 5) is 6.68. The molecule has 0 unspecified atom stereocenters. The summed E-state index contributed by atoms with van der Waals surface area (Å²) in [6, 6.07) is 6.13.